The number of carbonyl (C=O) groups excluding carboxylic acids is 2. The molecule has 1 heterocycles. The zero-order valence-electron chi connectivity index (χ0n) is 19.0. The summed E-state index contributed by atoms with van der Waals surface area (Å²) in [6, 6.07) is 5.54. The van der Waals surface area contributed by atoms with Crippen LogP contribution in [-0.2, 0) is 30.7 Å². The lowest BCUT2D eigenvalue weighted by atomic mass is 9.95. The lowest BCUT2D eigenvalue weighted by molar-refractivity contribution is -0.119. The van der Waals surface area contributed by atoms with Gasteiger partial charge in [-0.05, 0) is 38.0 Å². The Bertz CT molecular complexity index is 1150. The maximum Gasteiger partial charge on any atom is 0.263 e. The maximum atomic E-state index is 12.5. The SMILES string of the molecule is CCOCCn1c(=NC(=O)CS(=O)(=O)CC(=O)NC2CCCCC2)sc2cc(OC)ccc21. The topological polar surface area (TPSA) is 116 Å². The van der Waals surface area contributed by atoms with Crippen LogP contribution >= 0.6 is 11.3 Å². The Hall–Kier alpha value is -2.24. The summed E-state index contributed by atoms with van der Waals surface area (Å²) in [5.41, 5.74) is 0.849. The van der Waals surface area contributed by atoms with Crippen molar-refractivity contribution in [2.24, 2.45) is 4.99 Å². The van der Waals surface area contributed by atoms with Crippen molar-refractivity contribution in [2.75, 3.05) is 31.8 Å². The number of nitrogens with one attached hydrogen (secondary N) is 1. The Labute approximate surface area is 197 Å². The number of hydrogen-bond donors (Lipinski definition) is 1. The number of amides is 2. The third-order valence-electron chi connectivity index (χ3n) is 5.44. The van der Waals surface area contributed by atoms with Crippen LogP contribution in [0.15, 0.2) is 23.2 Å². The average Bonchev–Trinajstić information content (AvgIpc) is 3.09. The van der Waals surface area contributed by atoms with Crippen LogP contribution in [-0.4, -0.2) is 62.7 Å². The molecule has 1 aliphatic carbocycles. The highest BCUT2D eigenvalue weighted by Gasteiger charge is 2.23. The quantitative estimate of drug-likeness (QED) is 0.502. The van der Waals surface area contributed by atoms with E-state index in [0.29, 0.717) is 30.3 Å². The van der Waals surface area contributed by atoms with Crippen LogP contribution in [0.5, 0.6) is 5.75 Å². The molecule has 1 aliphatic rings. The molecule has 11 heteroatoms. The van der Waals surface area contributed by atoms with Crippen LogP contribution in [0.4, 0.5) is 0 Å². The Morgan fingerprint density at radius 3 is 2.67 bits per heavy atom. The standard InChI is InChI=1S/C22H31N3O6S2/c1-3-31-12-11-25-18-10-9-17(30-2)13-19(18)32-22(25)24-21(27)15-33(28,29)14-20(26)23-16-7-5-4-6-8-16/h9-10,13,16H,3-8,11-12,14-15H2,1-2H3,(H,23,26). The van der Waals surface area contributed by atoms with Crippen LogP contribution in [0.25, 0.3) is 10.2 Å². The molecule has 1 saturated carbocycles. The summed E-state index contributed by atoms with van der Waals surface area (Å²) >= 11 is 1.27. The molecule has 0 aliphatic heterocycles. The number of sulfone groups is 1. The number of carbonyl (C=O) groups is 2. The van der Waals surface area contributed by atoms with Gasteiger partial charge in [-0.25, -0.2) is 8.42 Å². The zero-order chi connectivity index (χ0) is 23.8. The van der Waals surface area contributed by atoms with E-state index < -0.39 is 33.2 Å². The Morgan fingerprint density at radius 1 is 1.21 bits per heavy atom. The van der Waals surface area contributed by atoms with Crippen LogP contribution in [0, 0.1) is 0 Å². The molecule has 0 saturated heterocycles. The molecule has 0 atom stereocenters. The molecule has 1 N–H and O–H groups in total. The van der Waals surface area contributed by atoms with Gasteiger partial charge in [0, 0.05) is 19.2 Å². The molecule has 2 amide bonds. The highest BCUT2D eigenvalue weighted by molar-refractivity contribution is 7.92. The zero-order valence-corrected chi connectivity index (χ0v) is 20.7. The number of fused-ring (bicyclic) bond motifs is 1. The van der Waals surface area contributed by atoms with Gasteiger partial charge < -0.3 is 19.4 Å². The van der Waals surface area contributed by atoms with Crippen LogP contribution < -0.4 is 14.9 Å². The number of methoxy groups -OCH3 is 1. The summed E-state index contributed by atoms with van der Waals surface area (Å²) in [7, 11) is -2.36. The predicted molar refractivity (Wildman–Crippen MR) is 127 cm³/mol. The van der Waals surface area contributed by atoms with Crippen molar-refractivity contribution in [3.63, 3.8) is 0 Å². The number of thiazole rings is 1. The number of nitrogens with zero attached hydrogens (tertiary/aromatic N) is 2. The van der Waals surface area contributed by atoms with Gasteiger partial charge in [-0.15, -0.1) is 0 Å². The monoisotopic (exact) mass is 497 g/mol. The number of ether oxygens (including phenoxy) is 2. The second kappa shape index (κ2) is 11.8. The van der Waals surface area contributed by atoms with Gasteiger partial charge in [0.25, 0.3) is 5.91 Å². The number of rotatable bonds is 10. The summed E-state index contributed by atoms with van der Waals surface area (Å²) in [6.45, 7) is 3.34. The Morgan fingerprint density at radius 2 is 1.97 bits per heavy atom. The van der Waals surface area contributed by atoms with Crippen LogP contribution in [0.2, 0.25) is 0 Å². The van der Waals surface area contributed by atoms with E-state index in [4.69, 9.17) is 9.47 Å². The number of aromatic nitrogens is 1. The first-order chi connectivity index (χ1) is 15.8. The highest BCUT2D eigenvalue weighted by atomic mass is 32.2. The second-order valence-corrected chi connectivity index (χ2v) is 11.1. The molecule has 1 aromatic carbocycles. The lowest BCUT2D eigenvalue weighted by Gasteiger charge is -2.22. The van der Waals surface area contributed by atoms with E-state index in [1.54, 1.807) is 7.11 Å². The normalized spacial score (nSPS) is 15.6. The first kappa shape index (κ1) is 25.4. The first-order valence-corrected chi connectivity index (χ1v) is 13.8. The molecule has 1 fully saturated rings. The molecule has 2 aromatic rings. The van der Waals surface area contributed by atoms with E-state index in [9.17, 15) is 18.0 Å². The Balaban J connectivity index is 1.75. The van der Waals surface area contributed by atoms with Crippen molar-refractivity contribution < 1.29 is 27.5 Å². The minimum Gasteiger partial charge on any atom is -0.497 e. The van der Waals surface area contributed by atoms with E-state index in [1.807, 2.05) is 29.7 Å². The molecule has 182 valence electrons. The molecule has 0 unspecified atom stereocenters. The van der Waals surface area contributed by atoms with Crippen molar-refractivity contribution >= 4 is 43.2 Å². The van der Waals surface area contributed by atoms with Crippen molar-refractivity contribution in [1.82, 2.24) is 9.88 Å². The summed E-state index contributed by atoms with van der Waals surface area (Å²) in [5.74, 6) is -2.21. The van der Waals surface area contributed by atoms with Crippen molar-refractivity contribution in [3.05, 3.63) is 23.0 Å². The van der Waals surface area contributed by atoms with Gasteiger partial charge in [0.2, 0.25) is 5.91 Å². The van der Waals surface area contributed by atoms with E-state index in [2.05, 4.69) is 10.3 Å². The highest BCUT2D eigenvalue weighted by Crippen LogP contribution is 2.23. The molecule has 3 rings (SSSR count). The number of benzene rings is 1. The minimum atomic E-state index is -3.93. The fourth-order valence-corrected chi connectivity index (χ4v) is 6.00. The van der Waals surface area contributed by atoms with Crippen molar-refractivity contribution in [2.45, 2.75) is 51.6 Å². The van der Waals surface area contributed by atoms with Gasteiger partial charge in [0.15, 0.2) is 14.6 Å². The fraction of sp³-hybridized carbons (Fsp3) is 0.591. The second-order valence-electron chi connectivity index (χ2n) is 8.01. The van der Waals surface area contributed by atoms with Gasteiger partial charge >= 0.3 is 0 Å². The van der Waals surface area contributed by atoms with E-state index in [-0.39, 0.29) is 6.04 Å². The molecule has 0 bridgehead atoms. The van der Waals surface area contributed by atoms with Gasteiger partial charge in [-0.3, -0.25) is 9.59 Å². The molecule has 33 heavy (non-hydrogen) atoms. The summed E-state index contributed by atoms with van der Waals surface area (Å²) < 4.78 is 38.3. The molecule has 9 nitrogen and oxygen atoms in total. The number of hydrogen-bond acceptors (Lipinski definition) is 7. The first-order valence-electron chi connectivity index (χ1n) is 11.1. The third-order valence-corrected chi connectivity index (χ3v) is 7.87. The average molecular weight is 498 g/mol. The van der Waals surface area contributed by atoms with Gasteiger partial charge in [-0.2, -0.15) is 4.99 Å². The lowest BCUT2D eigenvalue weighted by Crippen LogP contribution is -2.40. The van der Waals surface area contributed by atoms with Crippen LogP contribution in [0.1, 0.15) is 39.0 Å². The van der Waals surface area contributed by atoms with Gasteiger partial charge in [0.1, 0.15) is 17.3 Å². The van der Waals surface area contributed by atoms with Gasteiger partial charge in [0.05, 0.1) is 23.9 Å². The van der Waals surface area contributed by atoms with Gasteiger partial charge in [-0.1, -0.05) is 30.6 Å². The molecule has 0 radical (unpaired) electrons. The van der Waals surface area contributed by atoms with E-state index >= 15 is 0 Å². The molecule has 0 spiro atoms. The summed E-state index contributed by atoms with van der Waals surface area (Å²) in [5, 5.41) is 2.78. The molecule has 1 aromatic heterocycles. The molecular formula is C22H31N3O6S2. The van der Waals surface area contributed by atoms with E-state index in [1.165, 1.54) is 11.3 Å². The Kier molecular flexibility index (Phi) is 9.04. The predicted octanol–water partition coefficient (Wildman–Crippen LogP) is 2.04. The largest absolute Gasteiger partial charge is 0.497 e. The van der Waals surface area contributed by atoms with E-state index in [0.717, 1.165) is 42.3 Å². The summed E-state index contributed by atoms with van der Waals surface area (Å²) in [6.07, 6.45) is 4.91. The molecular weight excluding hydrogens is 466 g/mol. The summed E-state index contributed by atoms with van der Waals surface area (Å²) in [4.78, 5) is 29.2. The smallest absolute Gasteiger partial charge is 0.263 e. The fourth-order valence-electron chi connectivity index (χ4n) is 3.88. The van der Waals surface area contributed by atoms with Crippen LogP contribution in [0.3, 0.4) is 0 Å². The van der Waals surface area contributed by atoms with Crippen molar-refractivity contribution in [1.29, 1.82) is 0 Å². The van der Waals surface area contributed by atoms with Crippen molar-refractivity contribution in [3.8, 4) is 5.75 Å². The third kappa shape index (κ3) is 7.38. The maximum absolute atomic E-state index is 12.5. The minimum absolute atomic E-state index is 0.0154.